The van der Waals surface area contributed by atoms with Gasteiger partial charge in [0.05, 0.1) is 5.69 Å². The molecule has 0 aliphatic rings. The van der Waals surface area contributed by atoms with Crippen LogP contribution < -0.4 is 10.6 Å². The third kappa shape index (κ3) is 5.42. The summed E-state index contributed by atoms with van der Waals surface area (Å²) >= 11 is 0. The second kappa shape index (κ2) is 10.8. The average Bonchev–Trinajstić information content (AvgIpc) is 3.33. The molecule has 7 heteroatoms. The number of ketones is 1. The van der Waals surface area contributed by atoms with Gasteiger partial charge >= 0.3 is 0 Å². The second-order valence-electron chi connectivity index (χ2n) is 8.67. The SMILES string of the molecule is Cn1nc(-c2ccc(NC(=O)c3cccc(C(=O)c4ccccc4)c3)cc2)cc1NC(=O)c1ccccc1. The molecule has 2 N–H and O–H groups in total. The number of anilines is 2. The van der Waals surface area contributed by atoms with E-state index in [0.29, 0.717) is 39.5 Å². The van der Waals surface area contributed by atoms with Crippen molar-refractivity contribution >= 4 is 29.1 Å². The first-order chi connectivity index (χ1) is 18.5. The van der Waals surface area contributed by atoms with Crippen molar-refractivity contribution in [1.29, 1.82) is 0 Å². The molecule has 0 aliphatic heterocycles. The Kier molecular flexibility index (Phi) is 6.91. The Labute approximate surface area is 219 Å². The number of benzene rings is 4. The molecule has 7 nitrogen and oxygen atoms in total. The first kappa shape index (κ1) is 24.4. The zero-order valence-corrected chi connectivity index (χ0v) is 20.6. The van der Waals surface area contributed by atoms with E-state index in [1.165, 1.54) is 0 Å². The van der Waals surface area contributed by atoms with E-state index in [1.807, 2.05) is 36.4 Å². The first-order valence-electron chi connectivity index (χ1n) is 12.0. The largest absolute Gasteiger partial charge is 0.322 e. The molecule has 0 atom stereocenters. The fraction of sp³-hybridized carbons (Fsp3) is 0.0323. The molecule has 186 valence electrons. The van der Waals surface area contributed by atoms with Crippen LogP contribution in [0.4, 0.5) is 11.5 Å². The Hall–Kier alpha value is -5.30. The van der Waals surface area contributed by atoms with Gasteiger partial charge in [-0.2, -0.15) is 5.10 Å². The number of aromatic nitrogens is 2. The van der Waals surface area contributed by atoms with Crippen molar-refractivity contribution in [2.75, 3.05) is 10.6 Å². The number of nitrogens with one attached hydrogen (secondary N) is 2. The predicted molar refractivity (Wildman–Crippen MR) is 147 cm³/mol. The Morgan fingerprint density at radius 2 is 1.18 bits per heavy atom. The Morgan fingerprint density at radius 1 is 0.605 bits per heavy atom. The van der Waals surface area contributed by atoms with Gasteiger partial charge in [0.1, 0.15) is 5.82 Å². The van der Waals surface area contributed by atoms with E-state index >= 15 is 0 Å². The van der Waals surface area contributed by atoms with Crippen molar-refractivity contribution in [3.8, 4) is 11.3 Å². The molecule has 0 saturated carbocycles. The van der Waals surface area contributed by atoms with E-state index in [-0.39, 0.29) is 17.6 Å². The maximum atomic E-state index is 12.9. The maximum absolute atomic E-state index is 12.9. The highest BCUT2D eigenvalue weighted by Gasteiger charge is 2.14. The third-order valence-corrected chi connectivity index (χ3v) is 6.02. The highest BCUT2D eigenvalue weighted by atomic mass is 16.2. The van der Waals surface area contributed by atoms with Crippen molar-refractivity contribution in [2.45, 2.75) is 0 Å². The monoisotopic (exact) mass is 500 g/mol. The van der Waals surface area contributed by atoms with E-state index < -0.39 is 0 Å². The molecule has 0 bridgehead atoms. The number of carbonyl (C=O) groups is 3. The van der Waals surface area contributed by atoms with Crippen LogP contribution in [0.25, 0.3) is 11.3 Å². The van der Waals surface area contributed by atoms with Crippen LogP contribution >= 0.6 is 0 Å². The van der Waals surface area contributed by atoms with Gasteiger partial charge in [-0.1, -0.05) is 72.8 Å². The maximum Gasteiger partial charge on any atom is 0.256 e. The minimum absolute atomic E-state index is 0.140. The molecule has 2 amide bonds. The summed E-state index contributed by atoms with van der Waals surface area (Å²) in [7, 11) is 1.76. The van der Waals surface area contributed by atoms with Crippen LogP contribution in [-0.4, -0.2) is 27.4 Å². The normalized spacial score (nSPS) is 10.6. The van der Waals surface area contributed by atoms with Gasteiger partial charge in [0, 0.05) is 46.6 Å². The van der Waals surface area contributed by atoms with Crippen molar-refractivity contribution in [3.63, 3.8) is 0 Å². The number of hydrogen-bond acceptors (Lipinski definition) is 4. The average molecular weight is 501 g/mol. The molecule has 0 radical (unpaired) electrons. The van der Waals surface area contributed by atoms with Crippen molar-refractivity contribution in [1.82, 2.24) is 9.78 Å². The van der Waals surface area contributed by atoms with Gasteiger partial charge in [-0.3, -0.25) is 19.1 Å². The summed E-state index contributed by atoms with van der Waals surface area (Å²) < 4.78 is 1.61. The summed E-state index contributed by atoms with van der Waals surface area (Å²) in [5, 5.41) is 10.2. The molecule has 1 heterocycles. The zero-order valence-electron chi connectivity index (χ0n) is 20.6. The number of aryl methyl sites for hydroxylation is 1. The second-order valence-corrected chi connectivity index (χ2v) is 8.67. The molecule has 0 aliphatic carbocycles. The molecule has 4 aromatic carbocycles. The van der Waals surface area contributed by atoms with Gasteiger partial charge in [-0.25, -0.2) is 0 Å². The fourth-order valence-corrected chi connectivity index (χ4v) is 3.99. The molecular weight excluding hydrogens is 476 g/mol. The molecular formula is C31H24N4O3. The summed E-state index contributed by atoms with van der Waals surface area (Å²) in [6, 6.07) is 33.6. The van der Waals surface area contributed by atoms with E-state index in [0.717, 1.165) is 5.56 Å². The summed E-state index contributed by atoms with van der Waals surface area (Å²) in [5.74, 6) is -0.104. The molecule has 5 aromatic rings. The van der Waals surface area contributed by atoms with Gasteiger partial charge in [0.15, 0.2) is 5.78 Å². The van der Waals surface area contributed by atoms with Crippen LogP contribution in [0.5, 0.6) is 0 Å². The van der Waals surface area contributed by atoms with Gasteiger partial charge in [-0.05, 0) is 36.4 Å². The summed E-state index contributed by atoms with van der Waals surface area (Å²) in [4.78, 5) is 38.1. The van der Waals surface area contributed by atoms with Crippen molar-refractivity contribution in [2.24, 2.45) is 7.05 Å². The minimum atomic E-state index is -0.316. The Bertz CT molecular complexity index is 1610. The van der Waals surface area contributed by atoms with Crippen LogP contribution in [-0.2, 0) is 7.05 Å². The molecule has 0 fully saturated rings. The third-order valence-electron chi connectivity index (χ3n) is 6.02. The lowest BCUT2D eigenvalue weighted by Gasteiger charge is -2.08. The van der Waals surface area contributed by atoms with E-state index in [4.69, 9.17) is 0 Å². The number of carbonyl (C=O) groups excluding carboxylic acids is 3. The highest BCUT2D eigenvalue weighted by Crippen LogP contribution is 2.24. The zero-order chi connectivity index (χ0) is 26.5. The molecule has 0 spiro atoms. The van der Waals surface area contributed by atoms with Crippen LogP contribution in [0.3, 0.4) is 0 Å². The quantitative estimate of drug-likeness (QED) is 0.275. The van der Waals surface area contributed by atoms with Crippen LogP contribution in [0.2, 0.25) is 0 Å². The molecule has 5 rings (SSSR count). The summed E-state index contributed by atoms with van der Waals surface area (Å²) in [6.45, 7) is 0. The fourth-order valence-electron chi connectivity index (χ4n) is 3.99. The summed E-state index contributed by atoms with van der Waals surface area (Å²) in [6.07, 6.45) is 0. The lowest BCUT2D eigenvalue weighted by Crippen LogP contribution is -2.14. The minimum Gasteiger partial charge on any atom is -0.322 e. The van der Waals surface area contributed by atoms with Gasteiger partial charge in [-0.15, -0.1) is 0 Å². The molecule has 1 aromatic heterocycles. The first-order valence-corrected chi connectivity index (χ1v) is 12.0. The number of rotatable bonds is 7. The van der Waals surface area contributed by atoms with E-state index in [1.54, 1.807) is 90.6 Å². The number of nitrogens with zero attached hydrogens (tertiary/aromatic N) is 2. The highest BCUT2D eigenvalue weighted by molar-refractivity contribution is 6.11. The summed E-state index contributed by atoms with van der Waals surface area (Å²) in [5.41, 5.74) is 4.08. The Morgan fingerprint density at radius 3 is 1.87 bits per heavy atom. The van der Waals surface area contributed by atoms with Gasteiger partial charge in [0.25, 0.3) is 11.8 Å². The standard InChI is InChI=1S/C31H24N4O3/c1-35-28(33-30(37)23-11-6-3-7-12-23)20-27(34-35)21-15-17-26(18-16-21)32-31(38)25-14-8-13-24(19-25)29(36)22-9-4-2-5-10-22/h2-20H,1H3,(H,32,38)(H,33,37). The Balaban J connectivity index is 1.26. The molecule has 0 unspecified atom stereocenters. The van der Waals surface area contributed by atoms with Gasteiger partial charge in [0.2, 0.25) is 0 Å². The molecule has 0 saturated heterocycles. The van der Waals surface area contributed by atoms with Crippen LogP contribution in [0.1, 0.15) is 36.6 Å². The van der Waals surface area contributed by atoms with Crippen LogP contribution in [0, 0.1) is 0 Å². The van der Waals surface area contributed by atoms with E-state index in [9.17, 15) is 14.4 Å². The van der Waals surface area contributed by atoms with Crippen molar-refractivity contribution in [3.05, 3.63) is 138 Å². The predicted octanol–water partition coefficient (Wildman–Crippen LogP) is 5.82. The lowest BCUT2D eigenvalue weighted by molar-refractivity contribution is 0.101. The lowest BCUT2D eigenvalue weighted by atomic mass is 10.0. The van der Waals surface area contributed by atoms with Crippen molar-refractivity contribution < 1.29 is 14.4 Å². The smallest absolute Gasteiger partial charge is 0.256 e. The topological polar surface area (TPSA) is 93.1 Å². The van der Waals surface area contributed by atoms with E-state index in [2.05, 4.69) is 15.7 Å². The van der Waals surface area contributed by atoms with Crippen LogP contribution in [0.15, 0.2) is 115 Å². The molecule has 38 heavy (non-hydrogen) atoms. The van der Waals surface area contributed by atoms with Gasteiger partial charge < -0.3 is 10.6 Å². The number of hydrogen-bond donors (Lipinski definition) is 2. The number of amides is 2.